The first-order valence-electron chi connectivity index (χ1n) is 13.5. The minimum atomic E-state index is -0.201. The molecule has 0 spiro atoms. The lowest BCUT2D eigenvalue weighted by Crippen LogP contribution is -2.40. The zero-order chi connectivity index (χ0) is 27.5. The van der Waals surface area contributed by atoms with Gasteiger partial charge in [0.2, 0.25) is 0 Å². The SMILES string of the molecule is COCOc1ccc(C2(C)COc3cc(OCOC)ccc3C2CCCCc2ccc(OCCO)cc2)cc1. The molecular weight excluding hydrogens is 496 g/mol. The van der Waals surface area contributed by atoms with Crippen LogP contribution in [0.15, 0.2) is 66.7 Å². The van der Waals surface area contributed by atoms with E-state index >= 15 is 0 Å². The third kappa shape index (κ3) is 7.44. The van der Waals surface area contributed by atoms with Crippen LogP contribution in [0.3, 0.4) is 0 Å². The Labute approximate surface area is 231 Å². The lowest BCUT2D eigenvalue weighted by atomic mass is 9.66. The summed E-state index contributed by atoms with van der Waals surface area (Å²) in [5.41, 5.74) is 3.51. The molecule has 1 aliphatic heterocycles. The summed E-state index contributed by atoms with van der Waals surface area (Å²) in [6, 6.07) is 22.6. The molecule has 210 valence electrons. The van der Waals surface area contributed by atoms with E-state index in [0.29, 0.717) is 13.2 Å². The monoisotopic (exact) mass is 536 g/mol. The normalized spacial score (nSPS) is 18.2. The first-order valence-corrected chi connectivity index (χ1v) is 13.5. The summed E-state index contributed by atoms with van der Waals surface area (Å²) in [4.78, 5) is 0. The summed E-state index contributed by atoms with van der Waals surface area (Å²) < 4.78 is 33.2. The van der Waals surface area contributed by atoms with Crippen LogP contribution in [0, 0.1) is 0 Å². The van der Waals surface area contributed by atoms with E-state index in [1.807, 2.05) is 36.4 Å². The topological polar surface area (TPSA) is 75.6 Å². The second-order valence-corrected chi connectivity index (χ2v) is 10.0. The molecule has 3 aromatic rings. The number of hydrogen-bond donors (Lipinski definition) is 1. The van der Waals surface area contributed by atoms with Gasteiger partial charge in [-0.25, -0.2) is 0 Å². The Kier molecular flexibility index (Phi) is 10.5. The van der Waals surface area contributed by atoms with Crippen LogP contribution in [0.2, 0.25) is 0 Å². The summed E-state index contributed by atoms with van der Waals surface area (Å²) >= 11 is 0. The fourth-order valence-corrected chi connectivity index (χ4v) is 5.23. The van der Waals surface area contributed by atoms with E-state index in [2.05, 4.69) is 37.3 Å². The van der Waals surface area contributed by atoms with Crippen LogP contribution >= 0.6 is 0 Å². The van der Waals surface area contributed by atoms with Gasteiger partial charge in [-0.05, 0) is 66.3 Å². The summed E-state index contributed by atoms with van der Waals surface area (Å²) in [5.74, 6) is 3.46. The third-order valence-electron chi connectivity index (χ3n) is 7.35. The van der Waals surface area contributed by atoms with Crippen molar-refractivity contribution in [2.75, 3.05) is 47.6 Å². The molecule has 0 bridgehead atoms. The predicted molar refractivity (Wildman–Crippen MR) is 150 cm³/mol. The summed E-state index contributed by atoms with van der Waals surface area (Å²) in [5, 5.41) is 8.94. The van der Waals surface area contributed by atoms with Crippen molar-refractivity contribution in [1.29, 1.82) is 0 Å². The van der Waals surface area contributed by atoms with Crippen LogP contribution in [-0.4, -0.2) is 52.7 Å². The van der Waals surface area contributed by atoms with Gasteiger partial charge in [0.25, 0.3) is 0 Å². The number of hydrogen-bond acceptors (Lipinski definition) is 7. The molecule has 2 atom stereocenters. The van der Waals surface area contributed by atoms with Crippen molar-refractivity contribution in [3.05, 3.63) is 83.4 Å². The quantitative estimate of drug-likeness (QED) is 0.192. The van der Waals surface area contributed by atoms with Gasteiger partial charge in [0, 0.05) is 31.6 Å². The van der Waals surface area contributed by atoms with E-state index in [1.54, 1.807) is 14.2 Å². The maximum atomic E-state index is 8.94. The van der Waals surface area contributed by atoms with Gasteiger partial charge in [-0.15, -0.1) is 0 Å². The van der Waals surface area contributed by atoms with Gasteiger partial charge in [-0.1, -0.05) is 43.7 Å². The van der Waals surface area contributed by atoms with Gasteiger partial charge in [0.15, 0.2) is 13.6 Å². The molecule has 0 fully saturated rings. The fraction of sp³-hybridized carbons (Fsp3) is 0.438. The molecule has 1 heterocycles. The molecule has 0 amide bonds. The highest BCUT2D eigenvalue weighted by Gasteiger charge is 2.42. The second-order valence-electron chi connectivity index (χ2n) is 10.0. The number of aryl methyl sites for hydroxylation is 1. The molecule has 0 radical (unpaired) electrons. The van der Waals surface area contributed by atoms with Crippen LogP contribution in [0.1, 0.15) is 48.8 Å². The fourth-order valence-electron chi connectivity index (χ4n) is 5.23. The number of fused-ring (bicyclic) bond motifs is 1. The molecule has 0 aromatic heterocycles. The van der Waals surface area contributed by atoms with Crippen molar-refractivity contribution < 1.29 is 33.5 Å². The number of rotatable bonds is 15. The van der Waals surface area contributed by atoms with Crippen molar-refractivity contribution in [1.82, 2.24) is 0 Å². The van der Waals surface area contributed by atoms with E-state index in [0.717, 1.165) is 48.7 Å². The number of aliphatic hydroxyl groups excluding tert-OH is 1. The number of benzene rings is 3. The Hall–Kier alpha value is -3.26. The Morgan fingerprint density at radius 3 is 2.15 bits per heavy atom. The number of methoxy groups -OCH3 is 2. The van der Waals surface area contributed by atoms with E-state index in [1.165, 1.54) is 16.7 Å². The zero-order valence-electron chi connectivity index (χ0n) is 23.2. The molecule has 1 aliphatic rings. The molecule has 0 saturated carbocycles. The molecule has 2 unspecified atom stereocenters. The largest absolute Gasteiger partial charge is 0.492 e. The molecule has 39 heavy (non-hydrogen) atoms. The molecule has 1 N–H and O–H groups in total. The zero-order valence-corrected chi connectivity index (χ0v) is 23.2. The molecular formula is C32H40O7. The van der Waals surface area contributed by atoms with Gasteiger partial charge < -0.3 is 33.5 Å². The van der Waals surface area contributed by atoms with E-state index in [4.69, 9.17) is 33.5 Å². The molecule has 7 nitrogen and oxygen atoms in total. The average molecular weight is 537 g/mol. The van der Waals surface area contributed by atoms with Gasteiger partial charge in [0.1, 0.15) is 29.6 Å². The van der Waals surface area contributed by atoms with Crippen LogP contribution in [0.5, 0.6) is 23.0 Å². The van der Waals surface area contributed by atoms with E-state index < -0.39 is 0 Å². The second kappa shape index (κ2) is 14.2. The van der Waals surface area contributed by atoms with E-state index in [-0.39, 0.29) is 31.5 Å². The number of ether oxygens (including phenoxy) is 6. The number of aliphatic hydroxyl groups is 1. The molecule has 4 rings (SSSR count). The third-order valence-corrected chi connectivity index (χ3v) is 7.35. The van der Waals surface area contributed by atoms with E-state index in [9.17, 15) is 0 Å². The van der Waals surface area contributed by atoms with Crippen LogP contribution in [-0.2, 0) is 21.3 Å². The Bertz CT molecular complexity index is 1150. The molecule has 0 saturated heterocycles. The maximum absolute atomic E-state index is 8.94. The van der Waals surface area contributed by atoms with Gasteiger partial charge in [-0.3, -0.25) is 0 Å². The summed E-state index contributed by atoms with van der Waals surface area (Å²) in [6.45, 7) is 3.63. The van der Waals surface area contributed by atoms with Crippen molar-refractivity contribution in [2.24, 2.45) is 0 Å². The Balaban J connectivity index is 1.49. The Morgan fingerprint density at radius 2 is 1.46 bits per heavy atom. The first-order chi connectivity index (χ1) is 19.1. The van der Waals surface area contributed by atoms with Gasteiger partial charge in [-0.2, -0.15) is 0 Å². The van der Waals surface area contributed by atoms with Gasteiger partial charge >= 0.3 is 0 Å². The van der Waals surface area contributed by atoms with Crippen molar-refractivity contribution in [3.8, 4) is 23.0 Å². The maximum Gasteiger partial charge on any atom is 0.188 e. The number of unbranched alkanes of at least 4 members (excludes halogenated alkanes) is 1. The van der Waals surface area contributed by atoms with Gasteiger partial charge in [0.05, 0.1) is 13.2 Å². The van der Waals surface area contributed by atoms with Crippen molar-refractivity contribution in [3.63, 3.8) is 0 Å². The van der Waals surface area contributed by atoms with Crippen LogP contribution < -0.4 is 18.9 Å². The smallest absolute Gasteiger partial charge is 0.188 e. The lowest BCUT2D eigenvalue weighted by molar-refractivity contribution is 0.0505. The van der Waals surface area contributed by atoms with Crippen LogP contribution in [0.4, 0.5) is 0 Å². The standard InChI is InChI=1S/C32H40O7/c1-32(25-10-14-27(15-11-25)38-22-34-2)21-37-31-20-28(39-23-35-3)16-17-29(31)30(32)7-5-4-6-24-8-12-26(13-9-24)36-19-18-33/h8-17,20,30,33H,4-7,18-19,21-23H2,1-3H3. The highest BCUT2D eigenvalue weighted by molar-refractivity contribution is 5.48. The highest BCUT2D eigenvalue weighted by atomic mass is 16.7. The minimum Gasteiger partial charge on any atom is -0.492 e. The summed E-state index contributed by atoms with van der Waals surface area (Å²) in [6.07, 6.45) is 4.20. The minimum absolute atomic E-state index is 0.0171. The van der Waals surface area contributed by atoms with Crippen LogP contribution in [0.25, 0.3) is 0 Å². The molecule has 0 aliphatic carbocycles. The predicted octanol–water partition coefficient (Wildman–Crippen LogP) is 5.87. The van der Waals surface area contributed by atoms with Crippen molar-refractivity contribution in [2.45, 2.75) is 43.9 Å². The summed E-state index contributed by atoms with van der Waals surface area (Å²) in [7, 11) is 3.23. The molecule has 3 aromatic carbocycles. The lowest BCUT2D eigenvalue weighted by Gasteiger charge is -2.43. The average Bonchev–Trinajstić information content (AvgIpc) is 2.97. The Morgan fingerprint density at radius 1 is 0.821 bits per heavy atom. The highest BCUT2D eigenvalue weighted by Crippen LogP contribution is 2.50. The molecule has 7 heteroatoms. The van der Waals surface area contributed by atoms with Crippen molar-refractivity contribution >= 4 is 0 Å². The first kappa shape index (κ1) is 28.7.